The van der Waals surface area contributed by atoms with Crippen LogP contribution in [0.4, 0.5) is 15.8 Å². The average Bonchev–Trinajstić information content (AvgIpc) is 2.23. The third-order valence-corrected chi connectivity index (χ3v) is 2.40. The van der Waals surface area contributed by atoms with Gasteiger partial charge in [-0.3, -0.25) is 4.98 Å². The summed E-state index contributed by atoms with van der Waals surface area (Å²) in [4.78, 5) is 4.05. The van der Waals surface area contributed by atoms with Crippen molar-refractivity contribution in [2.75, 3.05) is 11.5 Å². The lowest BCUT2D eigenvalue weighted by Crippen LogP contribution is -2.00. The molecule has 0 radical (unpaired) electrons. The lowest BCUT2D eigenvalue weighted by atomic mass is 10.1. The van der Waals surface area contributed by atoms with E-state index in [1.165, 1.54) is 12.3 Å². The monoisotopic (exact) mass is 217 g/mol. The number of aromatic nitrogens is 1. The van der Waals surface area contributed by atoms with E-state index in [9.17, 15) is 4.39 Å². The van der Waals surface area contributed by atoms with E-state index in [4.69, 9.17) is 11.5 Å². The van der Waals surface area contributed by atoms with Crippen molar-refractivity contribution in [1.82, 2.24) is 4.98 Å². The first kappa shape index (κ1) is 10.4. The van der Waals surface area contributed by atoms with Gasteiger partial charge in [-0.25, -0.2) is 4.39 Å². The molecule has 4 N–H and O–H groups in total. The van der Waals surface area contributed by atoms with Crippen molar-refractivity contribution in [3.8, 4) is 11.3 Å². The highest BCUT2D eigenvalue weighted by Gasteiger charge is 2.11. The van der Waals surface area contributed by atoms with E-state index in [2.05, 4.69) is 4.98 Å². The van der Waals surface area contributed by atoms with E-state index in [-0.39, 0.29) is 5.82 Å². The van der Waals surface area contributed by atoms with Crippen LogP contribution in [0.25, 0.3) is 11.3 Å². The molecule has 1 aromatic carbocycles. The van der Waals surface area contributed by atoms with E-state index in [1.807, 2.05) is 13.0 Å². The predicted octanol–water partition coefficient (Wildman–Crippen LogP) is 2.36. The highest BCUT2D eigenvalue weighted by atomic mass is 19.1. The zero-order valence-corrected chi connectivity index (χ0v) is 8.87. The Morgan fingerprint density at radius 1 is 1.19 bits per heavy atom. The molecule has 1 aromatic heterocycles. The smallest absolute Gasteiger partial charge is 0.132 e. The molecule has 2 aromatic rings. The Morgan fingerprint density at radius 2 is 1.94 bits per heavy atom. The molecule has 1 heterocycles. The number of rotatable bonds is 1. The van der Waals surface area contributed by atoms with E-state index < -0.39 is 0 Å². The molecule has 0 spiro atoms. The minimum absolute atomic E-state index is 0.310. The van der Waals surface area contributed by atoms with Crippen molar-refractivity contribution in [2.45, 2.75) is 6.92 Å². The van der Waals surface area contributed by atoms with Gasteiger partial charge >= 0.3 is 0 Å². The minimum atomic E-state index is -0.343. The fourth-order valence-electron chi connectivity index (χ4n) is 1.51. The molecular weight excluding hydrogens is 205 g/mol. The second kappa shape index (κ2) is 3.81. The molecule has 4 heteroatoms. The number of anilines is 2. The molecule has 3 nitrogen and oxygen atoms in total. The van der Waals surface area contributed by atoms with Crippen LogP contribution >= 0.6 is 0 Å². The van der Waals surface area contributed by atoms with E-state index >= 15 is 0 Å². The standard InChI is InChI=1S/C12H12FN3/c1-7-2-3-8(9(13)6-7)12-11(15)10(14)4-5-16-12/h2-6H,15H2,1H3,(H2,14,16). The summed E-state index contributed by atoms with van der Waals surface area (Å²) in [5.74, 6) is -0.343. The van der Waals surface area contributed by atoms with Crippen LogP contribution in [0.2, 0.25) is 0 Å². The van der Waals surface area contributed by atoms with Crippen molar-refractivity contribution < 1.29 is 4.39 Å². The number of nitrogens with two attached hydrogens (primary N) is 2. The summed E-state index contributed by atoms with van der Waals surface area (Å²) in [7, 11) is 0. The molecule has 2 rings (SSSR count). The highest BCUT2D eigenvalue weighted by molar-refractivity contribution is 5.81. The van der Waals surface area contributed by atoms with Gasteiger partial charge in [0.25, 0.3) is 0 Å². The first-order valence-corrected chi connectivity index (χ1v) is 4.86. The molecule has 0 aliphatic carbocycles. The molecule has 0 aliphatic rings. The number of hydrogen-bond donors (Lipinski definition) is 2. The summed E-state index contributed by atoms with van der Waals surface area (Å²) in [5.41, 5.74) is 13.7. The zero-order chi connectivity index (χ0) is 11.7. The first-order chi connectivity index (χ1) is 7.59. The van der Waals surface area contributed by atoms with Crippen LogP contribution in [0.15, 0.2) is 30.5 Å². The van der Waals surface area contributed by atoms with Crippen molar-refractivity contribution in [2.24, 2.45) is 0 Å². The molecule has 0 unspecified atom stereocenters. The predicted molar refractivity (Wildman–Crippen MR) is 63.2 cm³/mol. The average molecular weight is 217 g/mol. The van der Waals surface area contributed by atoms with Crippen molar-refractivity contribution in [3.05, 3.63) is 41.8 Å². The minimum Gasteiger partial charge on any atom is -0.397 e. The molecule has 0 fully saturated rings. The Labute approximate surface area is 92.9 Å². The Hall–Kier alpha value is -2.10. The number of benzene rings is 1. The van der Waals surface area contributed by atoms with Gasteiger partial charge in [0, 0.05) is 11.8 Å². The second-order valence-corrected chi connectivity index (χ2v) is 3.65. The molecule has 0 saturated heterocycles. The van der Waals surface area contributed by atoms with Gasteiger partial charge in [-0.05, 0) is 30.7 Å². The van der Waals surface area contributed by atoms with Gasteiger partial charge in [-0.15, -0.1) is 0 Å². The Balaban J connectivity index is 2.63. The number of nitrogens with zero attached hydrogens (tertiary/aromatic N) is 1. The van der Waals surface area contributed by atoms with Crippen molar-refractivity contribution in [1.29, 1.82) is 0 Å². The summed E-state index contributed by atoms with van der Waals surface area (Å²) in [5, 5.41) is 0. The molecule has 0 aliphatic heterocycles. The lowest BCUT2D eigenvalue weighted by Gasteiger charge is -2.08. The molecule has 0 amide bonds. The third kappa shape index (κ3) is 1.69. The molecule has 0 bridgehead atoms. The van der Waals surface area contributed by atoms with Gasteiger partial charge in [0.2, 0.25) is 0 Å². The van der Waals surface area contributed by atoms with E-state index in [0.717, 1.165) is 5.56 Å². The number of pyridine rings is 1. The fourth-order valence-corrected chi connectivity index (χ4v) is 1.51. The van der Waals surface area contributed by atoms with Gasteiger partial charge in [0.1, 0.15) is 5.82 Å². The van der Waals surface area contributed by atoms with Gasteiger partial charge in [-0.2, -0.15) is 0 Å². The number of nitrogen functional groups attached to an aromatic ring is 2. The number of halogens is 1. The Bertz CT molecular complexity index is 538. The van der Waals surface area contributed by atoms with Crippen LogP contribution in [0.1, 0.15) is 5.56 Å². The van der Waals surface area contributed by atoms with Crippen molar-refractivity contribution >= 4 is 11.4 Å². The molecular formula is C12H12FN3. The largest absolute Gasteiger partial charge is 0.397 e. The number of hydrogen-bond acceptors (Lipinski definition) is 3. The Morgan fingerprint density at radius 3 is 2.62 bits per heavy atom. The molecule has 0 atom stereocenters. The van der Waals surface area contributed by atoms with Gasteiger partial charge in [-0.1, -0.05) is 6.07 Å². The SMILES string of the molecule is Cc1ccc(-c2nccc(N)c2N)c(F)c1. The topological polar surface area (TPSA) is 64.9 Å². The maximum Gasteiger partial charge on any atom is 0.132 e. The van der Waals surface area contributed by atoms with Gasteiger partial charge in [0.15, 0.2) is 0 Å². The van der Waals surface area contributed by atoms with Crippen LogP contribution in [0, 0.1) is 12.7 Å². The maximum absolute atomic E-state index is 13.7. The van der Waals surface area contributed by atoms with Crippen LogP contribution in [-0.2, 0) is 0 Å². The van der Waals surface area contributed by atoms with E-state index in [0.29, 0.717) is 22.6 Å². The number of aryl methyl sites for hydroxylation is 1. The quantitative estimate of drug-likeness (QED) is 0.770. The summed E-state index contributed by atoms with van der Waals surface area (Å²) in [6, 6.07) is 6.50. The van der Waals surface area contributed by atoms with Crippen LogP contribution in [0.5, 0.6) is 0 Å². The van der Waals surface area contributed by atoms with Crippen LogP contribution < -0.4 is 11.5 Å². The second-order valence-electron chi connectivity index (χ2n) is 3.65. The molecule has 82 valence electrons. The third-order valence-electron chi connectivity index (χ3n) is 2.40. The highest BCUT2D eigenvalue weighted by Crippen LogP contribution is 2.29. The molecule has 16 heavy (non-hydrogen) atoms. The van der Waals surface area contributed by atoms with Crippen LogP contribution in [-0.4, -0.2) is 4.98 Å². The fraction of sp³-hybridized carbons (Fsp3) is 0.0833. The molecule has 0 saturated carbocycles. The lowest BCUT2D eigenvalue weighted by molar-refractivity contribution is 0.629. The Kier molecular flexibility index (Phi) is 2.48. The first-order valence-electron chi connectivity index (χ1n) is 4.86. The normalized spacial score (nSPS) is 10.4. The van der Waals surface area contributed by atoms with Crippen LogP contribution in [0.3, 0.4) is 0 Å². The van der Waals surface area contributed by atoms with Gasteiger partial charge in [0.05, 0.1) is 17.1 Å². The summed E-state index contributed by atoms with van der Waals surface area (Å²) in [6.07, 6.45) is 1.51. The van der Waals surface area contributed by atoms with Gasteiger partial charge < -0.3 is 11.5 Å². The zero-order valence-electron chi connectivity index (χ0n) is 8.87. The maximum atomic E-state index is 13.7. The van der Waals surface area contributed by atoms with E-state index in [1.54, 1.807) is 12.1 Å². The summed E-state index contributed by atoms with van der Waals surface area (Å²) < 4.78 is 13.7. The van der Waals surface area contributed by atoms with Crippen molar-refractivity contribution in [3.63, 3.8) is 0 Å². The summed E-state index contributed by atoms with van der Waals surface area (Å²) >= 11 is 0. The summed E-state index contributed by atoms with van der Waals surface area (Å²) in [6.45, 7) is 1.82.